The van der Waals surface area contributed by atoms with Crippen LogP contribution >= 0.6 is 0 Å². The molecule has 0 aliphatic carbocycles. The van der Waals surface area contributed by atoms with E-state index in [-0.39, 0.29) is 18.0 Å². The number of carbonyl (C=O) groups excluding carboxylic acids is 1. The first-order chi connectivity index (χ1) is 7.49. The van der Waals surface area contributed by atoms with Crippen LogP contribution in [0.25, 0.3) is 0 Å². The van der Waals surface area contributed by atoms with Gasteiger partial charge in [0.05, 0.1) is 6.04 Å². The van der Waals surface area contributed by atoms with Gasteiger partial charge in [-0.2, -0.15) is 0 Å². The molecule has 0 heterocycles. The zero-order valence-electron chi connectivity index (χ0n) is 10.2. The molecule has 3 heteroatoms. The number of amides is 1. The molecule has 0 aliphatic rings. The monoisotopic (exact) mass is 220 g/mol. The molecule has 88 valence electrons. The summed E-state index contributed by atoms with van der Waals surface area (Å²) in [6, 6.07) is 8.08. The Morgan fingerprint density at radius 3 is 2.69 bits per heavy atom. The number of carbonyl (C=O) groups is 1. The molecule has 3 nitrogen and oxygen atoms in total. The first-order valence-electron chi connectivity index (χ1n) is 5.60. The molecule has 1 unspecified atom stereocenters. The highest BCUT2D eigenvalue weighted by atomic mass is 16.1. The van der Waals surface area contributed by atoms with Gasteiger partial charge in [-0.3, -0.25) is 4.79 Å². The number of aryl methyl sites for hydroxylation is 1. The summed E-state index contributed by atoms with van der Waals surface area (Å²) in [7, 11) is 0. The van der Waals surface area contributed by atoms with Gasteiger partial charge in [0, 0.05) is 12.5 Å². The van der Waals surface area contributed by atoms with Crippen molar-refractivity contribution in [2.45, 2.75) is 39.3 Å². The molecule has 0 saturated carbocycles. The molecule has 2 atom stereocenters. The standard InChI is InChI=1S/C13H20N2O/c1-9-5-4-6-12(7-9)11(3)15-13(16)8-10(2)14/h4-7,10-11H,8,14H2,1-3H3,(H,15,16)/t10?,11-/m1/s1. The first kappa shape index (κ1) is 12.7. The summed E-state index contributed by atoms with van der Waals surface area (Å²) in [6.07, 6.45) is 0.371. The van der Waals surface area contributed by atoms with E-state index < -0.39 is 0 Å². The molecule has 1 aromatic rings. The van der Waals surface area contributed by atoms with Crippen LogP contribution < -0.4 is 11.1 Å². The number of rotatable bonds is 4. The number of hydrogen-bond donors (Lipinski definition) is 2. The van der Waals surface area contributed by atoms with Crippen LogP contribution in [0.1, 0.15) is 37.4 Å². The molecule has 16 heavy (non-hydrogen) atoms. The van der Waals surface area contributed by atoms with E-state index in [4.69, 9.17) is 5.73 Å². The fraction of sp³-hybridized carbons (Fsp3) is 0.462. The Morgan fingerprint density at radius 1 is 1.44 bits per heavy atom. The Morgan fingerprint density at radius 2 is 2.12 bits per heavy atom. The largest absolute Gasteiger partial charge is 0.350 e. The Bertz CT molecular complexity index is 361. The van der Waals surface area contributed by atoms with E-state index in [0.717, 1.165) is 5.56 Å². The second-order valence-corrected chi connectivity index (χ2v) is 4.38. The van der Waals surface area contributed by atoms with Gasteiger partial charge in [-0.25, -0.2) is 0 Å². The van der Waals surface area contributed by atoms with Gasteiger partial charge < -0.3 is 11.1 Å². The van der Waals surface area contributed by atoms with Gasteiger partial charge in [0.15, 0.2) is 0 Å². The Labute approximate surface area is 97.0 Å². The van der Waals surface area contributed by atoms with Crippen molar-refractivity contribution in [3.05, 3.63) is 35.4 Å². The minimum absolute atomic E-state index is 0.00371. The molecule has 0 radical (unpaired) electrons. The van der Waals surface area contributed by atoms with Crippen LogP contribution in [0.5, 0.6) is 0 Å². The fourth-order valence-corrected chi connectivity index (χ4v) is 1.62. The minimum atomic E-state index is -0.0929. The predicted octanol–water partition coefficient (Wildman–Crippen LogP) is 1.91. The van der Waals surface area contributed by atoms with E-state index in [2.05, 4.69) is 11.4 Å². The number of nitrogens with two attached hydrogens (primary N) is 1. The summed E-state index contributed by atoms with van der Waals surface area (Å²) in [5.41, 5.74) is 7.89. The summed E-state index contributed by atoms with van der Waals surface area (Å²) in [6.45, 7) is 5.85. The third-order valence-electron chi connectivity index (χ3n) is 2.43. The third kappa shape index (κ3) is 4.03. The van der Waals surface area contributed by atoms with Crippen molar-refractivity contribution in [1.29, 1.82) is 0 Å². The number of hydrogen-bond acceptors (Lipinski definition) is 2. The molecule has 1 rings (SSSR count). The van der Waals surface area contributed by atoms with Crippen LogP contribution in [0.4, 0.5) is 0 Å². The third-order valence-corrected chi connectivity index (χ3v) is 2.43. The van der Waals surface area contributed by atoms with Crippen LogP contribution in [-0.4, -0.2) is 11.9 Å². The zero-order chi connectivity index (χ0) is 12.1. The average molecular weight is 220 g/mol. The molecular weight excluding hydrogens is 200 g/mol. The van der Waals surface area contributed by atoms with Crippen molar-refractivity contribution >= 4 is 5.91 Å². The van der Waals surface area contributed by atoms with E-state index in [1.165, 1.54) is 5.56 Å². The lowest BCUT2D eigenvalue weighted by atomic mass is 10.1. The van der Waals surface area contributed by atoms with E-state index >= 15 is 0 Å². The van der Waals surface area contributed by atoms with E-state index in [9.17, 15) is 4.79 Å². The Balaban J connectivity index is 2.58. The zero-order valence-corrected chi connectivity index (χ0v) is 10.2. The molecule has 0 aliphatic heterocycles. The van der Waals surface area contributed by atoms with Crippen molar-refractivity contribution < 1.29 is 4.79 Å². The number of nitrogens with one attached hydrogen (secondary N) is 1. The topological polar surface area (TPSA) is 55.1 Å². The second kappa shape index (κ2) is 5.66. The molecular formula is C13H20N2O. The van der Waals surface area contributed by atoms with Gasteiger partial charge >= 0.3 is 0 Å². The van der Waals surface area contributed by atoms with Crippen LogP contribution in [0.15, 0.2) is 24.3 Å². The fourth-order valence-electron chi connectivity index (χ4n) is 1.62. The highest BCUT2D eigenvalue weighted by Gasteiger charge is 2.10. The average Bonchev–Trinajstić information content (AvgIpc) is 2.16. The minimum Gasteiger partial charge on any atom is -0.350 e. The smallest absolute Gasteiger partial charge is 0.222 e. The normalized spacial score (nSPS) is 14.2. The van der Waals surface area contributed by atoms with Crippen LogP contribution in [0, 0.1) is 6.92 Å². The number of benzene rings is 1. The highest BCUT2D eigenvalue weighted by molar-refractivity contribution is 5.76. The van der Waals surface area contributed by atoms with Gasteiger partial charge in [0.25, 0.3) is 0 Å². The predicted molar refractivity (Wildman–Crippen MR) is 66.0 cm³/mol. The molecule has 1 amide bonds. The summed E-state index contributed by atoms with van der Waals surface area (Å²) < 4.78 is 0. The van der Waals surface area contributed by atoms with Crippen LogP contribution in [-0.2, 0) is 4.79 Å². The van der Waals surface area contributed by atoms with Gasteiger partial charge in [-0.1, -0.05) is 29.8 Å². The molecule has 3 N–H and O–H groups in total. The summed E-state index contributed by atoms with van der Waals surface area (Å²) in [4.78, 5) is 11.5. The quantitative estimate of drug-likeness (QED) is 0.814. The lowest BCUT2D eigenvalue weighted by Gasteiger charge is -2.15. The maximum absolute atomic E-state index is 11.5. The maximum Gasteiger partial charge on any atom is 0.222 e. The summed E-state index contributed by atoms with van der Waals surface area (Å²) in [5, 5.41) is 2.94. The molecule has 1 aromatic carbocycles. The molecule has 0 fully saturated rings. The second-order valence-electron chi connectivity index (χ2n) is 4.38. The first-order valence-corrected chi connectivity index (χ1v) is 5.60. The van der Waals surface area contributed by atoms with Crippen molar-refractivity contribution in [2.24, 2.45) is 5.73 Å². The van der Waals surface area contributed by atoms with Crippen LogP contribution in [0.2, 0.25) is 0 Å². The SMILES string of the molecule is Cc1cccc([C@@H](C)NC(=O)CC(C)N)c1. The molecule has 0 spiro atoms. The lowest BCUT2D eigenvalue weighted by Crippen LogP contribution is -2.31. The van der Waals surface area contributed by atoms with E-state index in [1.54, 1.807) is 0 Å². The van der Waals surface area contributed by atoms with Crippen molar-refractivity contribution in [2.75, 3.05) is 0 Å². The molecule has 0 aromatic heterocycles. The van der Waals surface area contributed by atoms with E-state index in [1.807, 2.05) is 39.0 Å². The van der Waals surface area contributed by atoms with Gasteiger partial charge in [-0.05, 0) is 26.3 Å². The molecule has 0 saturated heterocycles. The molecule has 0 bridgehead atoms. The van der Waals surface area contributed by atoms with Gasteiger partial charge in [-0.15, -0.1) is 0 Å². The highest BCUT2D eigenvalue weighted by Crippen LogP contribution is 2.13. The van der Waals surface area contributed by atoms with Crippen molar-refractivity contribution in [3.63, 3.8) is 0 Å². The lowest BCUT2D eigenvalue weighted by molar-refractivity contribution is -0.122. The van der Waals surface area contributed by atoms with E-state index in [0.29, 0.717) is 6.42 Å². The Hall–Kier alpha value is -1.35. The van der Waals surface area contributed by atoms with Crippen LogP contribution in [0.3, 0.4) is 0 Å². The van der Waals surface area contributed by atoms with Gasteiger partial charge in [0.2, 0.25) is 5.91 Å². The summed E-state index contributed by atoms with van der Waals surface area (Å²) >= 11 is 0. The maximum atomic E-state index is 11.5. The summed E-state index contributed by atoms with van der Waals surface area (Å²) in [5.74, 6) is 0.00371. The Kier molecular flexibility index (Phi) is 4.50. The van der Waals surface area contributed by atoms with Gasteiger partial charge in [0.1, 0.15) is 0 Å². The van der Waals surface area contributed by atoms with Crippen molar-refractivity contribution in [3.8, 4) is 0 Å². The van der Waals surface area contributed by atoms with Crippen molar-refractivity contribution in [1.82, 2.24) is 5.32 Å².